The second-order valence-electron chi connectivity index (χ2n) is 6.57. The van der Waals surface area contributed by atoms with Crippen molar-refractivity contribution in [3.05, 3.63) is 52.2 Å². The van der Waals surface area contributed by atoms with Crippen LogP contribution >= 0.6 is 11.6 Å². The second kappa shape index (κ2) is 8.97. The molecule has 1 heterocycles. The lowest BCUT2D eigenvalue weighted by molar-refractivity contribution is 0.167. The summed E-state index contributed by atoms with van der Waals surface area (Å²) in [6.07, 6.45) is -0.0446. The van der Waals surface area contributed by atoms with E-state index in [0.29, 0.717) is 28.5 Å². The number of methoxy groups -OCH3 is 1. The predicted octanol–water partition coefficient (Wildman–Crippen LogP) is 4.43. The molecule has 2 rings (SSSR count). The van der Waals surface area contributed by atoms with Gasteiger partial charge in [0.15, 0.2) is 5.82 Å². The van der Waals surface area contributed by atoms with E-state index in [1.54, 1.807) is 27.3 Å². The molecule has 0 saturated heterocycles. The van der Waals surface area contributed by atoms with Crippen LogP contribution in [0.25, 0.3) is 11.4 Å². The standard InChI is InChI=1S/C20H24ClN3O3/c1-12(2)9-15-17(11-26-6)22-18(14-8-7-13(3)16(21)10-14)23-19(15)27-20(25)24(4)5/h7-8,10H,1,9,11H2,2-6H3. The zero-order chi connectivity index (χ0) is 20.1. The van der Waals surface area contributed by atoms with Gasteiger partial charge in [0, 0.05) is 43.8 Å². The maximum Gasteiger partial charge on any atom is 0.416 e. The van der Waals surface area contributed by atoms with E-state index in [9.17, 15) is 4.79 Å². The van der Waals surface area contributed by atoms with Crippen molar-refractivity contribution in [2.75, 3.05) is 21.2 Å². The Morgan fingerprint density at radius 2 is 2.00 bits per heavy atom. The topological polar surface area (TPSA) is 64.6 Å². The molecule has 0 bridgehead atoms. The minimum absolute atomic E-state index is 0.199. The molecule has 1 aromatic carbocycles. The number of nitrogens with zero attached hydrogens (tertiary/aromatic N) is 3. The molecule has 0 aliphatic heterocycles. The van der Waals surface area contributed by atoms with E-state index >= 15 is 0 Å². The highest BCUT2D eigenvalue weighted by molar-refractivity contribution is 6.31. The molecule has 0 saturated carbocycles. The molecule has 7 heteroatoms. The molecular formula is C20H24ClN3O3. The second-order valence-corrected chi connectivity index (χ2v) is 6.98. The van der Waals surface area contributed by atoms with Gasteiger partial charge in [0.2, 0.25) is 5.88 Å². The van der Waals surface area contributed by atoms with E-state index in [0.717, 1.165) is 16.7 Å². The van der Waals surface area contributed by atoms with E-state index in [1.165, 1.54) is 4.90 Å². The third-order valence-electron chi connectivity index (χ3n) is 3.79. The normalized spacial score (nSPS) is 10.6. The van der Waals surface area contributed by atoms with Crippen LogP contribution in [0.2, 0.25) is 5.02 Å². The quantitative estimate of drug-likeness (QED) is 0.684. The molecule has 0 unspecified atom stereocenters. The zero-order valence-electron chi connectivity index (χ0n) is 16.3. The highest BCUT2D eigenvalue weighted by Crippen LogP contribution is 2.29. The fourth-order valence-corrected chi connectivity index (χ4v) is 2.54. The Kier molecular flexibility index (Phi) is 6.93. The van der Waals surface area contributed by atoms with Gasteiger partial charge in [-0.15, -0.1) is 0 Å². The number of halogens is 1. The number of benzene rings is 1. The van der Waals surface area contributed by atoms with E-state index in [1.807, 2.05) is 26.0 Å². The molecule has 0 spiro atoms. The molecular weight excluding hydrogens is 366 g/mol. The molecule has 0 atom stereocenters. The van der Waals surface area contributed by atoms with Gasteiger partial charge >= 0.3 is 6.09 Å². The Bertz CT molecular complexity index is 866. The lowest BCUT2D eigenvalue weighted by Crippen LogP contribution is -2.26. The monoisotopic (exact) mass is 389 g/mol. The summed E-state index contributed by atoms with van der Waals surface area (Å²) in [4.78, 5) is 22.6. The molecule has 1 amide bonds. The number of carbonyl (C=O) groups is 1. The molecule has 0 N–H and O–H groups in total. The lowest BCUT2D eigenvalue weighted by Gasteiger charge is -2.17. The number of hydrogen-bond acceptors (Lipinski definition) is 5. The number of aryl methyl sites for hydroxylation is 1. The van der Waals surface area contributed by atoms with Gasteiger partial charge in [-0.05, 0) is 25.5 Å². The van der Waals surface area contributed by atoms with Gasteiger partial charge in [-0.2, -0.15) is 4.98 Å². The average Bonchev–Trinajstić information content (AvgIpc) is 2.59. The minimum Gasteiger partial charge on any atom is -0.391 e. The molecule has 1 aromatic heterocycles. The van der Waals surface area contributed by atoms with Crippen LogP contribution in [-0.2, 0) is 17.8 Å². The van der Waals surface area contributed by atoms with Crippen LogP contribution in [0.3, 0.4) is 0 Å². The first-order valence-corrected chi connectivity index (χ1v) is 8.79. The van der Waals surface area contributed by atoms with E-state index < -0.39 is 6.09 Å². The first kappa shape index (κ1) is 20.9. The van der Waals surface area contributed by atoms with Crippen LogP contribution in [0.5, 0.6) is 5.88 Å². The molecule has 0 aliphatic carbocycles. The summed E-state index contributed by atoms with van der Waals surface area (Å²) in [6.45, 7) is 8.01. The molecule has 2 aromatic rings. The molecule has 0 radical (unpaired) electrons. The van der Waals surface area contributed by atoms with Crippen molar-refractivity contribution >= 4 is 17.7 Å². The zero-order valence-corrected chi connectivity index (χ0v) is 17.1. The van der Waals surface area contributed by atoms with Gasteiger partial charge in [-0.1, -0.05) is 35.9 Å². The third kappa shape index (κ3) is 5.28. The maximum absolute atomic E-state index is 12.1. The molecule has 27 heavy (non-hydrogen) atoms. The van der Waals surface area contributed by atoms with Gasteiger partial charge in [0.05, 0.1) is 12.3 Å². The first-order chi connectivity index (χ1) is 12.7. The highest BCUT2D eigenvalue weighted by Gasteiger charge is 2.20. The number of hydrogen-bond donors (Lipinski definition) is 0. The van der Waals surface area contributed by atoms with Gasteiger partial charge < -0.3 is 14.4 Å². The Labute approximate surface area is 164 Å². The number of rotatable bonds is 6. The van der Waals surface area contributed by atoms with Gasteiger partial charge in [0.25, 0.3) is 0 Å². The fourth-order valence-electron chi connectivity index (χ4n) is 2.36. The first-order valence-electron chi connectivity index (χ1n) is 8.41. The van der Waals surface area contributed by atoms with Gasteiger partial charge in [-0.25, -0.2) is 9.78 Å². The van der Waals surface area contributed by atoms with Crippen molar-refractivity contribution in [3.8, 4) is 17.3 Å². The SMILES string of the molecule is C=C(C)Cc1c(COC)nc(-c2ccc(C)c(Cl)c2)nc1OC(=O)N(C)C. The fraction of sp³-hybridized carbons (Fsp3) is 0.350. The number of ether oxygens (including phenoxy) is 2. The van der Waals surface area contributed by atoms with Crippen LogP contribution in [0, 0.1) is 6.92 Å². The summed E-state index contributed by atoms with van der Waals surface area (Å²) in [7, 11) is 4.80. The van der Waals surface area contributed by atoms with Crippen LogP contribution in [0.4, 0.5) is 4.79 Å². The Hall–Kier alpha value is -2.44. The van der Waals surface area contributed by atoms with Crippen molar-refractivity contribution in [1.82, 2.24) is 14.9 Å². The third-order valence-corrected chi connectivity index (χ3v) is 4.20. The van der Waals surface area contributed by atoms with Crippen molar-refractivity contribution in [2.24, 2.45) is 0 Å². The van der Waals surface area contributed by atoms with Gasteiger partial charge in [0.1, 0.15) is 0 Å². The van der Waals surface area contributed by atoms with Crippen molar-refractivity contribution < 1.29 is 14.3 Å². The van der Waals surface area contributed by atoms with Crippen molar-refractivity contribution in [3.63, 3.8) is 0 Å². The predicted molar refractivity (Wildman–Crippen MR) is 106 cm³/mol. The summed E-state index contributed by atoms with van der Waals surface area (Å²) in [6, 6.07) is 5.56. The van der Waals surface area contributed by atoms with Crippen molar-refractivity contribution in [1.29, 1.82) is 0 Å². The Morgan fingerprint density at radius 3 is 2.56 bits per heavy atom. The molecule has 6 nitrogen and oxygen atoms in total. The Balaban J connectivity index is 2.64. The van der Waals surface area contributed by atoms with Crippen LogP contribution in [-0.4, -0.2) is 42.2 Å². The van der Waals surface area contributed by atoms with Crippen LogP contribution in [0.15, 0.2) is 30.4 Å². The van der Waals surface area contributed by atoms with Crippen LogP contribution in [0.1, 0.15) is 23.7 Å². The molecule has 144 valence electrons. The summed E-state index contributed by atoms with van der Waals surface area (Å²) >= 11 is 6.25. The van der Waals surface area contributed by atoms with E-state index in [-0.39, 0.29) is 12.5 Å². The number of aromatic nitrogens is 2. The number of amides is 1. The number of carbonyl (C=O) groups excluding carboxylic acids is 1. The van der Waals surface area contributed by atoms with E-state index in [4.69, 9.17) is 21.1 Å². The summed E-state index contributed by atoms with van der Waals surface area (Å²) in [5.41, 5.74) is 3.90. The molecule has 0 aliphatic rings. The minimum atomic E-state index is -0.520. The van der Waals surface area contributed by atoms with Gasteiger partial charge in [-0.3, -0.25) is 0 Å². The average molecular weight is 390 g/mol. The highest BCUT2D eigenvalue weighted by atomic mass is 35.5. The largest absolute Gasteiger partial charge is 0.416 e. The summed E-state index contributed by atoms with van der Waals surface area (Å²) in [5.74, 6) is 0.612. The van der Waals surface area contributed by atoms with Crippen molar-refractivity contribution in [2.45, 2.75) is 26.9 Å². The maximum atomic E-state index is 12.1. The molecule has 0 fully saturated rings. The van der Waals surface area contributed by atoms with E-state index in [2.05, 4.69) is 16.5 Å². The summed E-state index contributed by atoms with van der Waals surface area (Å²) < 4.78 is 10.8. The summed E-state index contributed by atoms with van der Waals surface area (Å²) in [5, 5.41) is 0.613. The lowest BCUT2D eigenvalue weighted by atomic mass is 10.1. The Morgan fingerprint density at radius 1 is 1.30 bits per heavy atom. The van der Waals surface area contributed by atoms with Crippen LogP contribution < -0.4 is 4.74 Å². The smallest absolute Gasteiger partial charge is 0.391 e. The number of allylic oxidation sites excluding steroid dienone is 1.